The third-order valence-electron chi connectivity index (χ3n) is 7.93. The number of nitrogens with zero attached hydrogens (tertiary/aromatic N) is 2. The highest BCUT2D eigenvalue weighted by Crippen LogP contribution is 2.37. The van der Waals surface area contributed by atoms with Gasteiger partial charge in [0.15, 0.2) is 16.3 Å². The Bertz CT molecular complexity index is 2240. The van der Waals surface area contributed by atoms with Gasteiger partial charge in [-0.05, 0) is 74.4 Å². The van der Waals surface area contributed by atoms with Gasteiger partial charge in [-0.15, -0.1) is 0 Å². The van der Waals surface area contributed by atoms with Crippen molar-refractivity contribution in [1.82, 2.24) is 4.57 Å². The molecule has 8 nitrogen and oxygen atoms in total. The summed E-state index contributed by atoms with van der Waals surface area (Å²) in [6.45, 7) is 7.79. The van der Waals surface area contributed by atoms with Crippen LogP contribution >= 0.6 is 22.9 Å². The molecule has 246 valence electrons. The molecule has 0 spiro atoms. The van der Waals surface area contributed by atoms with E-state index in [1.54, 1.807) is 37.7 Å². The maximum absolute atomic E-state index is 14.5. The van der Waals surface area contributed by atoms with Crippen LogP contribution in [0.2, 0.25) is 5.02 Å². The number of carbonyl (C=O) groups excluding carboxylic acids is 1. The lowest BCUT2D eigenvalue weighted by atomic mass is 9.95. The van der Waals surface area contributed by atoms with Crippen molar-refractivity contribution in [1.29, 1.82) is 0 Å². The van der Waals surface area contributed by atoms with Gasteiger partial charge in [0.05, 0.1) is 41.7 Å². The molecule has 6 rings (SSSR count). The zero-order valence-electron chi connectivity index (χ0n) is 27.3. The van der Waals surface area contributed by atoms with Gasteiger partial charge in [0.25, 0.3) is 5.56 Å². The monoisotopic (exact) mass is 682 g/mol. The third kappa shape index (κ3) is 6.48. The number of carbonyl (C=O) groups is 1. The van der Waals surface area contributed by atoms with E-state index in [1.807, 2.05) is 86.7 Å². The number of thiazole rings is 1. The lowest BCUT2D eigenvalue weighted by Gasteiger charge is -2.25. The van der Waals surface area contributed by atoms with E-state index in [2.05, 4.69) is 0 Å². The van der Waals surface area contributed by atoms with Gasteiger partial charge in [-0.25, -0.2) is 9.79 Å². The van der Waals surface area contributed by atoms with Gasteiger partial charge < -0.3 is 18.9 Å². The molecular formula is C38H35ClN2O6S. The third-order valence-corrected chi connectivity index (χ3v) is 9.28. The smallest absolute Gasteiger partial charge is 0.338 e. The standard InChI is InChI=1S/C38H35ClN2O6S/c1-6-45-37(43)34-23(4)40-38-41(35(34)25-16-18-31(47-22(2)3)32(19-25)44-5)36(42)33(48-38)20-28-27-13-9-7-11-24(27)15-17-30(28)46-21-26-12-8-10-14-29(26)39/h7-20,22,35H,6,21H2,1-5H3/b33-20+/t35-/m0/s1. The molecule has 5 aromatic rings. The molecule has 4 aromatic carbocycles. The minimum atomic E-state index is -0.812. The summed E-state index contributed by atoms with van der Waals surface area (Å²) in [6.07, 6.45) is 1.77. The van der Waals surface area contributed by atoms with Gasteiger partial charge in [0.1, 0.15) is 12.4 Å². The topological polar surface area (TPSA) is 88.4 Å². The molecule has 2 heterocycles. The minimum absolute atomic E-state index is 0.0766. The first kappa shape index (κ1) is 33.1. The summed E-state index contributed by atoms with van der Waals surface area (Å²) in [7, 11) is 1.56. The zero-order valence-corrected chi connectivity index (χ0v) is 28.9. The van der Waals surface area contributed by atoms with Gasteiger partial charge in [-0.3, -0.25) is 9.36 Å². The molecule has 1 aliphatic rings. The number of allylic oxidation sites excluding steroid dienone is 1. The number of aromatic nitrogens is 1. The number of halogens is 1. The summed E-state index contributed by atoms with van der Waals surface area (Å²) in [5.74, 6) is 1.10. The summed E-state index contributed by atoms with van der Waals surface area (Å²) in [5.41, 5.74) is 2.71. The van der Waals surface area contributed by atoms with E-state index in [9.17, 15) is 9.59 Å². The molecule has 0 unspecified atom stereocenters. The second kappa shape index (κ2) is 14.1. The molecular weight excluding hydrogens is 648 g/mol. The summed E-state index contributed by atoms with van der Waals surface area (Å²) in [6, 6.07) is 24.0. The highest BCUT2D eigenvalue weighted by Gasteiger charge is 2.34. The van der Waals surface area contributed by atoms with Crippen LogP contribution in [0.15, 0.2) is 99.9 Å². The Morgan fingerprint density at radius 2 is 1.77 bits per heavy atom. The Morgan fingerprint density at radius 1 is 1.02 bits per heavy atom. The first-order chi connectivity index (χ1) is 23.2. The van der Waals surface area contributed by atoms with E-state index in [-0.39, 0.29) is 30.5 Å². The average molecular weight is 683 g/mol. The zero-order chi connectivity index (χ0) is 33.9. The van der Waals surface area contributed by atoms with E-state index in [0.29, 0.717) is 42.9 Å². The number of hydrogen-bond acceptors (Lipinski definition) is 8. The normalized spacial score (nSPS) is 14.6. The molecule has 0 saturated heterocycles. The molecule has 0 N–H and O–H groups in total. The van der Waals surface area contributed by atoms with E-state index in [0.717, 1.165) is 21.9 Å². The molecule has 1 atom stereocenters. The van der Waals surface area contributed by atoms with Crippen molar-refractivity contribution >= 4 is 45.8 Å². The largest absolute Gasteiger partial charge is 0.493 e. The van der Waals surface area contributed by atoms with Crippen molar-refractivity contribution < 1.29 is 23.7 Å². The highest BCUT2D eigenvalue weighted by atomic mass is 35.5. The van der Waals surface area contributed by atoms with Gasteiger partial charge in [-0.1, -0.05) is 77.5 Å². The second-order valence-electron chi connectivity index (χ2n) is 11.5. The lowest BCUT2D eigenvalue weighted by Crippen LogP contribution is -2.40. The molecule has 48 heavy (non-hydrogen) atoms. The summed E-state index contributed by atoms with van der Waals surface area (Å²) >= 11 is 7.67. The molecule has 1 aliphatic heterocycles. The van der Waals surface area contributed by atoms with Gasteiger partial charge in [0, 0.05) is 16.1 Å². The maximum Gasteiger partial charge on any atom is 0.338 e. The van der Waals surface area contributed by atoms with Crippen LogP contribution in [0.1, 0.15) is 50.4 Å². The number of ether oxygens (including phenoxy) is 4. The Hall–Kier alpha value is -4.86. The SMILES string of the molecule is CCOC(=O)C1=C(C)N=c2s/c(=C/c3c(OCc4ccccc4Cl)ccc4ccccc34)c(=O)n2[C@H]1c1ccc(OC(C)C)c(OC)c1. The maximum atomic E-state index is 14.5. The number of esters is 1. The van der Waals surface area contributed by atoms with Crippen molar-refractivity contribution in [2.24, 2.45) is 4.99 Å². The van der Waals surface area contributed by atoms with Crippen LogP contribution in [0.4, 0.5) is 0 Å². The van der Waals surface area contributed by atoms with Crippen LogP contribution in [0.3, 0.4) is 0 Å². The summed E-state index contributed by atoms with van der Waals surface area (Å²) in [4.78, 5) is 33.1. The fourth-order valence-electron chi connectivity index (χ4n) is 5.76. The summed E-state index contributed by atoms with van der Waals surface area (Å²) < 4.78 is 25.4. The minimum Gasteiger partial charge on any atom is -0.493 e. The fraction of sp³-hybridized carbons (Fsp3) is 0.237. The number of methoxy groups -OCH3 is 1. The molecule has 0 bridgehead atoms. The predicted octanol–water partition coefficient (Wildman–Crippen LogP) is 6.98. The van der Waals surface area contributed by atoms with Crippen LogP contribution < -0.4 is 29.1 Å². The van der Waals surface area contributed by atoms with Gasteiger partial charge in [0.2, 0.25) is 0 Å². The predicted molar refractivity (Wildman–Crippen MR) is 189 cm³/mol. The van der Waals surface area contributed by atoms with E-state index < -0.39 is 12.0 Å². The van der Waals surface area contributed by atoms with Gasteiger partial charge in [-0.2, -0.15) is 0 Å². The van der Waals surface area contributed by atoms with E-state index in [4.69, 9.17) is 35.5 Å². The Labute approximate surface area is 287 Å². The molecule has 0 amide bonds. The Morgan fingerprint density at radius 3 is 2.52 bits per heavy atom. The number of hydrogen-bond donors (Lipinski definition) is 0. The van der Waals surface area contributed by atoms with Crippen LogP contribution in [0, 0.1) is 0 Å². The van der Waals surface area contributed by atoms with Crippen molar-refractivity contribution in [3.63, 3.8) is 0 Å². The van der Waals surface area contributed by atoms with Crippen LogP contribution in [0.25, 0.3) is 16.8 Å². The van der Waals surface area contributed by atoms with Crippen molar-refractivity contribution in [3.05, 3.63) is 132 Å². The number of fused-ring (bicyclic) bond motifs is 2. The quantitative estimate of drug-likeness (QED) is 0.148. The fourth-order valence-corrected chi connectivity index (χ4v) is 6.98. The first-order valence-electron chi connectivity index (χ1n) is 15.6. The second-order valence-corrected chi connectivity index (χ2v) is 12.9. The molecule has 0 radical (unpaired) electrons. The Balaban J connectivity index is 1.53. The van der Waals surface area contributed by atoms with E-state index in [1.165, 1.54) is 11.3 Å². The van der Waals surface area contributed by atoms with Crippen molar-refractivity contribution in [2.45, 2.75) is 46.4 Å². The van der Waals surface area contributed by atoms with Crippen LogP contribution in [-0.4, -0.2) is 30.4 Å². The molecule has 0 fully saturated rings. The molecule has 1 aromatic heterocycles. The Kier molecular flexibility index (Phi) is 9.71. The summed E-state index contributed by atoms with van der Waals surface area (Å²) in [5, 5.41) is 2.53. The molecule has 0 saturated carbocycles. The number of rotatable bonds is 10. The van der Waals surface area contributed by atoms with Gasteiger partial charge >= 0.3 is 5.97 Å². The number of benzene rings is 4. The first-order valence-corrected chi connectivity index (χ1v) is 16.8. The van der Waals surface area contributed by atoms with Crippen molar-refractivity contribution in [2.75, 3.05) is 13.7 Å². The molecule has 0 aliphatic carbocycles. The lowest BCUT2D eigenvalue weighted by molar-refractivity contribution is -0.139. The van der Waals surface area contributed by atoms with E-state index >= 15 is 0 Å². The molecule has 10 heteroatoms. The van der Waals surface area contributed by atoms with Crippen LogP contribution in [0.5, 0.6) is 17.2 Å². The van der Waals surface area contributed by atoms with Crippen LogP contribution in [-0.2, 0) is 16.1 Å². The highest BCUT2D eigenvalue weighted by molar-refractivity contribution is 7.07. The average Bonchev–Trinajstić information content (AvgIpc) is 3.38. The van der Waals surface area contributed by atoms with Crippen molar-refractivity contribution in [3.8, 4) is 17.2 Å².